The molecule has 57 heavy (non-hydrogen) atoms. The van der Waals surface area contributed by atoms with Gasteiger partial charge in [0.05, 0.1) is 16.8 Å². The average Bonchev–Trinajstić information content (AvgIpc) is 3.57. The van der Waals surface area contributed by atoms with Crippen LogP contribution in [0.4, 0.5) is 0 Å². The Bertz CT molecular complexity index is 2830. The van der Waals surface area contributed by atoms with Crippen molar-refractivity contribution >= 4 is 5.57 Å². The molecule has 0 bridgehead atoms. The van der Waals surface area contributed by atoms with Gasteiger partial charge in [-0.2, -0.15) is 0 Å². The fraction of sp³-hybridized carbons (Fsp3) is 0.111. The number of ether oxygens (including phenoxy) is 1. The van der Waals surface area contributed by atoms with Gasteiger partial charge in [-0.25, -0.2) is 9.97 Å². The van der Waals surface area contributed by atoms with Gasteiger partial charge >= 0.3 is 0 Å². The summed E-state index contributed by atoms with van der Waals surface area (Å²) in [5.41, 5.74) is 16.9. The van der Waals surface area contributed by atoms with Crippen molar-refractivity contribution in [3.63, 3.8) is 0 Å². The molecular weight excluding hydrogens is 693 g/mol. The summed E-state index contributed by atoms with van der Waals surface area (Å²) < 4.78 is 6.91. The van der Waals surface area contributed by atoms with Gasteiger partial charge in [0.1, 0.15) is 11.5 Å². The highest BCUT2D eigenvalue weighted by Crippen LogP contribution is 2.62. The number of fused-ring (bicyclic) bond motifs is 9. The largest absolute Gasteiger partial charge is 0.457 e. The van der Waals surface area contributed by atoms with Crippen LogP contribution in [-0.4, -0.2) is 9.97 Å². The second kappa shape index (κ2) is 13.4. The first kappa shape index (κ1) is 33.5. The normalized spacial score (nSPS) is 17.0. The summed E-state index contributed by atoms with van der Waals surface area (Å²) in [5.74, 6) is 2.89. The molecule has 0 saturated heterocycles. The van der Waals surface area contributed by atoms with Gasteiger partial charge in [-0.1, -0.05) is 171 Å². The zero-order valence-electron chi connectivity index (χ0n) is 31.8. The minimum Gasteiger partial charge on any atom is -0.457 e. The van der Waals surface area contributed by atoms with Crippen molar-refractivity contribution in [3.8, 4) is 56.4 Å². The first-order valence-electron chi connectivity index (χ1n) is 20.1. The molecule has 0 radical (unpaired) electrons. The molecule has 6 aromatic carbocycles. The van der Waals surface area contributed by atoms with Gasteiger partial charge in [-0.3, -0.25) is 0 Å². The minimum absolute atomic E-state index is 0.414. The number of para-hydroxylation sites is 1. The Kier molecular flexibility index (Phi) is 7.89. The highest BCUT2D eigenvalue weighted by molar-refractivity contribution is 5.91. The maximum absolute atomic E-state index is 6.91. The average molecular weight is 733 g/mol. The van der Waals surface area contributed by atoms with Crippen LogP contribution in [-0.2, 0) is 5.41 Å². The molecule has 1 aromatic heterocycles. The first-order valence-corrected chi connectivity index (χ1v) is 20.1. The van der Waals surface area contributed by atoms with E-state index < -0.39 is 5.41 Å². The van der Waals surface area contributed by atoms with Gasteiger partial charge in [0.15, 0.2) is 5.82 Å². The van der Waals surface area contributed by atoms with Gasteiger partial charge in [0, 0.05) is 27.8 Å². The molecule has 4 aliphatic rings. The number of allylic oxidation sites excluding steroid dienone is 8. The van der Waals surface area contributed by atoms with Crippen LogP contribution in [0.15, 0.2) is 193 Å². The van der Waals surface area contributed by atoms with Gasteiger partial charge < -0.3 is 4.74 Å². The zero-order chi connectivity index (χ0) is 37.9. The van der Waals surface area contributed by atoms with Crippen molar-refractivity contribution in [2.75, 3.05) is 0 Å². The van der Waals surface area contributed by atoms with Crippen LogP contribution in [0.5, 0.6) is 11.5 Å². The molecule has 272 valence electrons. The van der Waals surface area contributed by atoms with Gasteiger partial charge in [-0.05, 0) is 87.9 Å². The highest BCUT2D eigenvalue weighted by Gasteiger charge is 2.50. The van der Waals surface area contributed by atoms with E-state index in [1.54, 1.807) is 0 Å². The second-order valence-corrected chi connectivity index (χ2v) is 15.6. The Balaban J connectivity index is 1.09. The molecule has 7 aromatic rings. The van der Waals surface area contributed by atoms with E-state index in [0.717, 1.165) is 75.8 Å². The van der Waals surface area contributed by atoms with E-state index in [9.17, 15) is 0 Å². The lowest BCUT2D eigenvalue weighted by atomic mass is 9.66. The summed E-state index contributed by atoms with van der Waals surface area (Å²) in [7, 11) is 0. The van der Waals surface area contributed by atoms with E-state index >= 15 is 0 Å². The predicted octanol–water partition coefficient (Wildman–Crippen LogP) is 13.6. The van der Waals surface area contributed by atoms with Crippen LogP contribution in [0.25, 0.3) is 50.5 Å². The Labute approximate surface area is 334 Å². The zero-order valence-corrected chi connectivity index (χ0v) is 31.8. The van der Waals surface area contributed by atoms with E-state index in [1.165, 1.54) is 44.5 Å². The standard InChI is InChI=1S/C54H40N2O/c1-35-28-30-40(36-16-4-2-5-17-36)44(32-35)50-34-49(55-53(56-50)37-18-6-3-7-19-37)43-23-9-8-20-39(43)38-29-31-48-52(33-38)57-51-27-15-14-26-47(51)54(48)45-24-12-10-21-41(45)42-22-11-13-25-46(42)54/h2-4,6-16,18-27,29-35H,5,17,28H2,1H3. The first-order chi connectivity index (χ1) is 28.2. The molecule has 0 saturated carbocycles. The molecule has 1 atom stereocenters. The maximum atomic E-state index is 6.91. The molecule has 1 spiro atoms. The summed E-state index contributed by atoms with van der Waals surface area (Å²) >= 11 is 0. The van der Waals surface area contributed by atoms with Crippen molar-refractivity contribution in [1.29, 1.82) is 0 Å². The molecule has 3 heteroatoms. The molecule has 0 N–H and O–H groups in total. The van der Waals surface area contributed by atoms with Gasteiger partial charge in [0.2, 0.25) is 0 Å². The molecule has 3 aliphatic carbocycles. The topological polar surface area (TPSA) is 35.0 Å². The lowest BCUT2D eigenvalue weighted by Crippen LogP contribution is -2.32. The van der Waals surface area contributed by atoms with E-state index in [0.29, 0.717) is 5.92 Å². The summed E-state index contributed by atoms with van der Waals surface area (Å²) in [6.45, 7) is 2.29. The van der Waals surface area contributed by atoms with Crippen LogP contribution in [0.2, 0.25) is 0 Å². The van der Waals surface area contributed by atoms with E-state index in [2.05, 4.69) is 183 Å². The number of aromatic nitrogens is 2. The lowest BCUT2D eigenvalue weighted by Gasteiger charge is -2.39. The van der Waals surface area contributed by atoms with Crippen molar-refractivity contribution < 1.29 is 4.74 Å². The molecular formula is C54H40N2O. The fourth-order valence-electron chi connectivity index (χ4n) is 9.64. The molecule has 2 heterocycles. The Morgan fingerprint density at radius 1 is 0.561 bits per heavy atom. The second-order valence-electron chi connectivity index (χ2n) is 15.6. The molecule has 0 amide bonds. The minimum atomic E-state index is -0.499. The Morgan fingerprint density at radius 3 is 1.96 bits per heavy atom. The molecule has 3 nitrogen and oxygen atoms in total. The summed E-state index contributed by atoms with van der Waals surface area (Å²) in [6, 6.07) is 54.3. The quantitative estimate of drug-likeness (QED) is 0.177. The third-order valence-electron chi connectivity index (χ3n) is 12.2. The van der Waals surface area contributed by atoms with Crippen LogP contribution >= 0.6 is 0 Å². The van der Waals surface area contributed by atoms with Crippen molar-refractivity contribution in [1.82, 2.24) is 9.97 Å². The fourth-order valence-corrected chi connectivity index (χ4v) is 9.64. The van der Waals surface area contributed by atoms with Crippen LogP contribution in [0.1, 0.15) is 54.1 Å². The van der Waals surface area contributed by atoms with Crippen molar-refractivity contribution in [2.45, 2.75) is 31.6 Å². The third-order valence-corrected chi connectivity index (χ3v) is 12.2. The van der Waals surface area contributed by atoms with E-state index in [-0.39, 0.29) is 0 Å². The monoisotopic (exact) mass is 732 g/mol. The number of hydrogen-bond acceptors (Lipinski definition) is 3. The molecule has 1 aliphatic heterocycles. The number of benzene rings is 6. The lowest BCUT2D eigenvalue weighted by molar-refractivity contribution is 0.436. The van der Waals surface area contributed by atoms with Gasteiger partial charge in [0.25, 0.3) is 0 Å². The third kappa shape index (κ3) is 5.33. The van der Waals surface area contributed by atoms with E-state index in [4.69, 9.17) is 14.7 Å². The van der Waals surface area contributed by atoms with Crippen LogP contribution in [0.3, 0.4) is 0 Å². The smallest absolute Gasteiger partial charge is 0.160 e. The molecule has 11 rings (SSSR count). The summed E-state index contributed by atoms with van der Waals surface area (Å²) in [5, 5.41) is 0. The maximum Gasteiger partial charge on any atom is 0.160 e. The number of nitrogens with zero attached hydrogens (tertiary/aromatic N) is 2. The van der Waals surface area contributed by atoms with Crippen LogP contribution < -0.4 is 4.74 Å². The predicted molar refractivity (Wildman–Crippen MR) is 232 cm³/mol. The van der Waals surface area contributed by atoms with Crippen molar-refractivity contribution in [2.24, 2.45) is 5.92 Å². The van der Waals surface area contributed by atoms with Crippen LogP contribution in [0, 0.1) is 5.92 Å². The highest BCUT2D eigenvalue weighted by atomic mass is 16.5. The SMILES string of the molecule is CC1C=C(c2cc(-c3ccccc3-c3ccc4c(c3)Oc3ccccc3C43c4ccccc4-c4ccccc43)nc(-c3ccccc3)n2)C(C2=CC=CCC2)=CC1. The molecule has 0 fully saturated rings. The van der Waals surface area contributed by atoms with Crippen molar-refractivity contribution in [3.05, 3.63) is 221 Å². The Hall–Kier alpha value is -6.84. The molecule has 1 unspecified atom stereocenters. The Morgan fingerprint density at radius 2 is 1.21 bits per heavy atom. The number of rotatable bonds is 5. The summed E-state index contributed by atoms with van der Waals surface area (Å²) in [4.78, 5) is 10.6. The van der Waals surface area contributed by atoms with Gasteiger partial charge in [-0.15, -0.1) is 0 Å². The summed E-state index contributed by atoms with van der Waals surface area (Å²) in [6.07, 6.45) is 14.7. The van der Waals surface area contributed by atoms with E-state index in [1.807, 2.05) is 6.07 Å². The number of hydrogen-bond donors (Lipinski definition) is 0.